The third-order valence-electron chi connectivity index (χ3n) is 4.16. The molecule has 1 saturated carbocycles. The molecule has 1 fully saturated rings. The maximum Gasteiger partial charge on any atom is 0.261 e. The number of nitrogens with one attached hydrogen (secondary N) is 1. The molecule has 5 nitrogen and oxygen atoms in total. The first-order chi connectivity index (χ1) is 10.1. The summed E-state index contributed by atoms with van der Waals surface area (Å²) in [5, 5.41) is 2.93. The maximum atomic E-state index is 12.1. The van der Waals surface area contributed by atoms with Crippen LogP contribution in [0.5, 0.6) is 0 Å². The Morgan fingerprint density at radius 3 is 2.33 bits per heavy atom. The van der Waals surface area contributed by atoms with Gasteiger partial charge in [0, 0.05) is 19.0 Å². The lowest BCUT2D eigenvalue weighted by Gasteiger charge is -2.16. The van der Waals surface area contributed by atoms with Crippen molar-refractivity contribution in [3.8, 4) is 0 Å². The van der Waals surface area contributed by atoms with Gasteiger partial charge in [0.1, 0.15) is 0 Å². The van der Waals surface area contributed by atoms with E-state index >= 15 is 0 Å². The fourth-order valence-corrected chi connectivity index (χ4v) is 2.70. The Balaban J connectivity index is 1.58. The highest BCUT2D eigenvalue weighted by atomic mass is 16.2. The molecule has 3 rings (SSSR count). The molecule has 21 heavy (non-hydrogen) atoms. The molecule has 0 saturated heterocycles. The van der Waals surface area contributed by atoms with Gasteiger partial charge in [-0.3, -0.25) is 19.3 Å². The third kappa shape index (κ3) is 2.68. The summed E-state index contributed by atoms with van der Waals surface area (Å²) < 4.78 is 0. The van der Waals surface area contributed by atoms with Gasteiger partial charge in [0.05, 0.1) is 11.1 Å². The highest BCUT2D eigenvalue weighted by Gasteiger charge is 2.35. The summed E-state index contributed by atoms with van der Waals surface area (Å²) in [5.41, 5.74) is 0.850. The molecule has 0 aromatic heterocycles. The minimum absolute atomic E-state index is 0.106. The number of imide groups is 1. The molecule has 0 radical (unpaired) electrons. The van der Waals surface area contributed by atoms with Crippen molar-refractivity contribution in [1.82, 2.24) is 10.2 Å². The molecule has 1 atom stereocenters. The molecule has 1 aliphatic carbocycles. The second kappa shape index (κ2) is 5.31. The standard InChI is InChI=1S/C16H18N2O3/c1-10(11-6-7-11)17-14(19)8-9-18-15(20)12-4-2-3-5-13(12)16(18)21/h2-5,10-11H,6-9H2,1H3,(H,17,19)/t10-/m0/s1. The number of rotatable bonds is 5. The number of hydrogen-bond acceptors (Lipinski definition) is 3. The average Bonchev–Trinajstić information content (AvgIpc) is 3.28. The molecule has 0 unspecified atom stereocenters. The number of amides is 3. The zero-order valence-electron chi connectivity index (χ0n) is 12.0. The fraction of sp³-hybridized carbons (Fsp3) is 0.438. The summed E-state index contributed by atoms with van der Waals surface area (Å²) in [5.74, 6) is -0.128. The van der Waals surface area contributed by atoms with Crippen LogP contribution in [0.1, 0.15) is 46.9 Å². The lowest BCUT2D eigenvalue weighted by Crippen LogP contribution is -2.38. The Bertz CT molecular complexity index is 572. The van der Waals surface area contributed by atoms with E-state index in [1.54, 1.807) is 24.3 Å². The Hall–Kier alpha value is -2.17. The van der Waals surface area contributed by atoms with E-state index in [4.69, 9.17) is 0 Å². The van der Waals surface area contributed by atoms with Crippen molar-refractivity contribution in [2.45, 2.75) is 32.2 Å². The molecule has 1 heterocycles. The van der Waals surface area contributed by atoms with E-state index in [1.165, 1.54) is 12.8 Å². The first-order valence-corrected chi connectivity index (χ1v) is 7.32. The van der Waals surface area contributed by atoms with Crippen LogP contribution < -0.4 is 5.32 Å². The van der Waals surface area contributed by atoms with Crippen LogP contribution in [0.15, 0.2) is 24.3 Å². The van der Waals surface area contributed by atoms with E-state index in [-0.39, 0.29) is 36.7 Å². The summed E-state index contributed by atoms with van der Waals surface area (Å²) in [4.78, 5) is 37.3. The van der Waals surface area contributed by atoms with Crippen molar-refractivity contribution >= 4 is 17.7 Å². The highest BCUT2D eigenvalue weighted by Crippen LogP contribution is 2.32. The summed E-state index contributed by atoms with van der Waals surface area (Å²) in [6.07, 6.45) is 2.49. The third-order valence-corrected chi connectivity index (χ3v) is 4.16. The van der Waals surface area contributed by atoms with E-state index in [2.05, 4.69) is 5.32 Å². The van der Waals surface area contributed by atoms with Crippen LogP contribution in [0.3, 0.4) is 0 Å². The van der Waals surface area contributed by atoms with Gasteiger partial charge in [0.25, 0.3) is 11.8 Å². The normalized spacial score (nSPS) is 18.6. The topological polar surface area (TPSA) is 66.5 Å². The van der Waals surface area contributed by atoms with Gasteiger partial charge in [0.15, 0.2) is 0 Å². The molecule has 1 aromatic carbocycles. The van der Waals surface area contributed by atoms with Gasteiger partial charge in [-0.2, -0.15) is 0 Å². The first kappa shape index (κ1) is 13.8. The van der Waals surface area contributed by atoms with E-state index in [1.807, 2.05) is 6.92 Å². The Kier molecular flexibility index (Phi) is 3.49. The van der Waals surface area contributed by atoms with E-state index in [0.29, 0.717) is 17.0 Å². The first-order valence-electron chi connectivity index (χ1n) is 7.32. The highest BCUT2D eigenvalue weighted by molar-refractivity contribution is 6.21. The van der Waals surface area contributed by atoms with E-state index in [9.17, 15) is 14.4 Å². The SMILES string of the molecule is C[C@H](NC(=O)CCN1C(=O)c2ccccc2C1=O)C1CC1. The smallest absolute Gasteiger partial charge is 0.261 e. The average molecular weight is 286 g/mol. The number of hydrogen-bond donors (Lipinski definition) is 1. The lowest BCUT2D eigenvalue weighted by molar-refractivity contribution is -0.121. The van der Waals surface area contributed by atoms with Gasteiger partial charge < -0.3 is 5.32 Å². The minimum Gasteiger partial charge on any atom is -0.353 e. The van der Waals surface area contributed by atoms with Crippen molar-refractivity contribution in [2.75, 3.05) is 6.54 Å². The lowest BCUT2D eigenvalue weighted by atomic mass is 10.1. The molecule has 1 N–H and O–H groups in total. The van der Waals surface area contributed by atoms with Gasteiger partial charge in [-0.1, -0.05) is 12.1 Å². The Morgan fingerprint density at radius 2 is 1.81 bits per heavy atom. The van der Waals surface area contributed by atoms with Crippen LogP contribution in [0.2, 0.25) is 0 Å². The van der Waals surface area contributed by atoms with E-state index in [0.717, 1.165) is 4.90 Å². The number of carbonyl (C=O) groups excluding carboxylic acids is 3. The zero-order valence-corrected chi connectivity index (χ0v) is 12.0. The van der Waals surface area contributed by atoms with Gasteiger partial charge in [0.2, 0.25) is 5.91 Å². The van der Waals surface area contributed by atoms with Gasteiger partial charge in [-0.15, -0.1) is 0 Å². The van der Waals surface area contributed by atoms with Crippen LogP contribution in [0, 0.1) is 5.92 Å². The van der Waals surface area contributed by atoms with Gasteiger partial charge >= 0.3 is 0 Å². The minimum atomic E-state index is -0.307. The fourth-order valence-electron chi connectivity index (χ4n) is 2.70. The number of nitrogens with zero attached hydrogens (tertiary/aromatic N) is 1. The predicted octanol–water partition coefficient (Wildman–Crippen LogP) is 1.59. The maximum absolute atomic E-state index is 12.1. The van der Waals surface area contributed by atoms with Gasteiger partial charge in [-0.05, 0) is 37.8 Å². The summed E-state index contributed by atoms with van der Waals surface area (Å²) in [6, 6.07) is 6.93. The largest absolute Gasteiger partial charge is 0.353 e. The summed E-state index contributed by atoms with van der Waals surface area (Å²) in [7, 11) is 0. The molecular formula is C16H18N2O3. The molecule has 1 aromatic rings. The van der Waals surface area contributed by atoms with Crippen molar-refractivity contribution in [2.24, 2.45) is 5.92 Å². The van der Waals surface area contributed by atoms with Crippen LogP contribution in [-0.2, 0) is 4.79 Å². The predicted molar refractivity (Wildman–Crippen MR) is 76.8 cm³/mol. The van der Waals surface area contributed by atoms with E-state index < -0.39 is 0 Å². The Labute approximate surface area is 123 Å². The van der Waals surface area contributed by atoms with Crippen molar-refractivity contribution in [3.63, 3.8) is 0 Å². The van der Waals surface area contributed by atoms with Crippen molar-refractivity contribution in [3.05, 3.63) is 35.4 Å². The molecular weight excluding hydrogens is 268 g/mol. The number of carbonyl (C=O) groups is 3. The van der Waals surface area contributed by atoms with Crippen LogP contribution in [0.25, 0.3) is 0 Å². The van der Waals surface area contributed by atoms with Crippen LogP contribution in [-0.4, -0.2) is 35.2 Å². The molecule has 2 aliphatic rings. The molecule has 1 aliphatic heterocycles. The van der Waals surface area contributed by atoms with Crippen molar-refractivity contribution in [1.29, 1.82) is 0 Å². The second-order valence-electron chi connectivity index (χ2n) is 5.75. The van der Waals surface area contributed by atoms with Crippen LogP contribution >= 0.6 is 0 Å². The second-order valence-corrected chi connectivity index (χ2v) is 5.75. The number of fused-ring (bicyclic) bond motifs is 1. The molecule has 110 valence electrons. The number of benzene rings is 1. The van der Waals surface area contributed by atoms with Gasteiger partial charge in [-0.25, -0.2) is 0 Å². The molecule has 0 bridgehead atoms. The molecule has 3 amide bonds. The quantitative estimate of drug-likeness (QED) is 0.836. The molecule has 0 spiro atoms. The van der Waals surface area contributed by atoms with Crippen LogP contribution in [0.4, 0.5) is 0 Å². The monoisotopic (exact) mass is 286 g/mol. The molecule has 5 heteroatoms. The zero-order chi connectivity index (χ0) is 15.0. The van der Waals surface area contributed by atoms with Crippen molar-refractivity contribution < 1.29 is 14.4 Å². The summed E-state index contributed by atoms with van der Waals surface area (Å²) >= 11 is 0. The summed E-state index contributed by atoms with van der Waals surface area (Å²) in [6.45, 7) is 2.13. The Morgan fingerprint density at radius 1 is 1.24 bits per heavy atom.